The summed E-state index contributed by atoms with van der Waals surface area (Å²) in [6, 6.07) is 10.7. The molecule has 8 heteroatoms. The number of thiazole rings is 1. The second-order valence-electron chi connectivity index (χ2n) is 5.60. The van der Waals surface area contributed by atoms with Crippen LogP contribution in [0.2, 0.25) is 0 Å². The number of nitrogens with one attached hydrogen (secondary N) is 2. The second kappa shape index (κ2) is 7.96. The number of benzene rings is 2. The SMILES string of the molecule is COc1ccc(F)cc1-c1csc(NC(=O)c2ccc(NC(C)=O)cc2)n1. The van der Waals surface area contributed by atoms with Crippen LogP contribution < -0.4 is 15.4 Å². The number of ether oxygens (including phenoxy) is 1. The number of nitrogens with zero attached hydrogens (tertiary/aromatic N) is 1. The fourth-order valence-electron chi connectivity index (χ4n) is 2.41. The first-order chi connectivity index (χ1) is 13.0. The molecule has 0 aliphatic rings. The quantitative estimate of drug-likeness (QED) is 0.691. The van der Waals surface area contributed by atoms with Gasteiger partial charge >= 0.3 is 0 Å². The average molecular weight is 385 g/mol. The van der Waals surface area contributed by atoms with Gasteiger partial charge in [-0.05, 0) is 42.5 Å². The number of amides is 2. The van der Waals surface area contributed by atoms with Gasteiger partial charge in [-0.25, -0.2) is 9.37 Å². The van der Waals surface area contributed by atoms with Gasteiger partial charge in [-0.15, -0.1) is 11.3 Å². The standard InChI is InChI=1S/C19H16FN3O3S/c1-11(24)21-14-6-3-12(4-7-14)18(25)23-19-22-16(10-27-19)15-9-13(20)5-8-17(15)26-2/h3-10H,1-2H3,(H,21,24)(H,22,23,25). The summed E-state index contributed by atoms with van der Waals surface area (Å²) in [5.41, 5.74) is 2.04. The molecule has 2 aromatic carbocycles. The van der Waals surface area contributed by atoms with Crippen LogP contribution in [0.4, 0.5) is 15.2 Å². The maximum atomic E-state index is 13.5. The van der Waals surface area contributed by atoms with Gasteiger partial charge in [0.05, 0.1) is 12.8 Å². The zero-order valence-electron chi connectivity index (χ0n) is 14.6. The van der Waals surface area contributed by atoms with E-state index in [0.717, 1.165) is 0 Å². The summed E-state index contributed by atoms with van der Waals surface area (Å²) in [6.45, 7) is 1.41. The van der Waals surface area contributed by atoms with Gasteiger partial charge in [0.2, 0.25) is 5.91 Å². The Hall–Kier alpha value is -3.26. The second-order valence-corrected chi connectivity index (χ2v) is 6.45. The number of anilines is 2. The monoisotopic (exact) mass is 385 g/mol. The summed E-state index contributed by atoms with van der Waals surface area (Å²) in [5.74, 6) is -0.427. The highest BCUT2D eigenvalue weighted by Gasteiger charge is 2.13. The van der Waals surface area contributed by atoms with Crippen molar-refractivity contribution < 1.29 is 18.7 Å². The van der Waals surface area contributed by atoms with Crippen LogP contribution in [0.25, 0.3) is 11.3 Å². The fourth-order valence-corrected chi connectivity index (χ4v) is 3.12. The van der Waals surface area contributed by atoms with Gasteiger partial charge in [-0.2, -0.15) is 0 Å². The summed E-state index contributed by atoms with van der Waals surface area (Å²) in [6.07, 6.45) is 0. The Balaban J connectivity index is 1.75. The minimum atomic E-state index is -0.399. The van der Waals surface area contributed by atoms with Crippen LogP contribution in [0.1, 0.15) is 17.3 Å². The molecule has 1 heterocycles. The molecule has 0 saturated heterocycles. The first kappa shape index (κ1) is 18.5. The summed E-state index contributed by atoms with van der Waals surface area (Å²) in [7, 11) is 1.50. The summed E-state index contributed by atoms with van der Waals surface area (Å²) in [5, 5.41) is 7.44. The molecular formula is C19H16FN3O3S. The van der Waals surface area contributed by atoms with Crippen LogP contribution in [-0.4, -0.2) is 23.9 Å². The lowest BCUT2D eigenvalue weighted by Gasteiger charge is -2.06. The van der Waals surface area contributed by atoms with Crippen molar-refractivity contribution in [2.75, 3.05) is 17.7 Å². The predicted octanol–water partition coefficient (Wildman–Crippen LogP) is 4.17. The Kier molecular flexibility index (Phi) is 5.46. The summed E-state index contributed by atoms with van der Waals surface area (Å²) < 4.78 is 18.8. The zero-order valence-corrected chi connectivity index (χ0v) is 15.4. The number of rotatable bonds is 5. The van der Waals surface area contributed by atoms with E-state index in [9.17, 15) is 14.0 Å². The third-order valence-electron chi connectivity index (χ3n) is 3.63. The van der Waals surface area contributed by atoms with Gasteiger partial charge in [-0.3, -0.25) is 14.9 Å². The van der Waals surface area contributed by atoms with Crippen molar-refractivity contribution in [2.45, 2.75) is 6.92 Å². The lowest BCUT2D eigenvalue weighted by Crippen LogP contribution is -2.12. The van der Waals surface area contributed by atoms with E-state index in [1.165, 1.54) is 43.6 Å². The Morgan fingerprint density at radius 2 is 1.85 bits per heavy atom. The first-order valence-corrected chi connectivity index (χ1v) is 8.82. The minimum Gasteiger partial charge on any atom is -0.496 e. The van der Waals surface area contributed by atoms with Crippen molar-refractivity contribution in [1.82, 2.24) is 4.98 Å². The van der Waals surface area contributed by atoms with E-state index in [4.69, 9.17) is 4.74 Å². The maximum Gasteiger partial charge on any atom is 0.257 e. The molecule has 0 fully saturated rings. The van der Waals surface area contributed by atoms with E-state index in [2.05, 4.69) is 15.6 Å². The number of halogens is 1. The molecule has 1 aromatic heterocycles. The third-order valence-corrected chi connectivity index (χ3v) is 4.39. The van der Waals surface area contributed by atoms with Crippen LogP contribution >= 0.6 is 11.3 Å². The molecular weight excluding hydrogens is 369 g/mol. The van der Waals surface area contributed by atoms with Crippen LogP contribution in [-0.2, 0) is 4.79 Å². The molecule has 0 bridgehead atoms. The lowest BCUT2D eigenvalue weighted by molar-refractivity contribution is -0.114. The highest BCUT2D eigenvalue weighted by molar-refractivity contribution is 7.14. The van der Waals surface area contributed by atoms with E-state index in [1.807, 2.05) is 0 Å². The largest absolute Gasteiger partial charge is 0.496 e. The molecule has 3 rings (SSSR count). The van der Waals surface area contributed by atoms with Crippen molar-refractivity contribution >= 4 is 34.0 Å². The topological polar surface area (TPSA) is 80.3 Å². The Morgan fingerprint density at radius 1 is 1.11 bits per heavy atom. The molecule has 0 saturated carbocycles. The van der Waals surface area contributed by atoms with Gasteiger partial charge < -0.3 is 10.1 Å². The van der Waals surface area contributed by atoms with E-state index in [0.29, 0.717) is 33.4 Å². The highest BCUT2D eigenvalue weighted by atomic mass is 32.1. The van der Waals surface area contributed by atoms with Crippen molar-refractivity contribution in [3.05, 3.63) is 59.2 Å². The lowest BCUT2D eigenvalue weighted by atomic mass is 10.1. The van der Waals surface area contributed by atoms with Crippen LogP contribution in [0, 0.1) is 5.82 Å². The Labute approximate surface area is 159 Å². The normalized spacial score (nSPS) is 10.3. The van der Waals surface area contributed by atoms with Gasteiger partial charge in [0, 0.05) is 29.1 Å². The molecule has 0 radical (unpaired) electrons. The first-order valence-electron chi connectivity index (χ1n) is 7.94. The maximum absolute atomic E-state index is 13.5. The predicted molar refractivity (Wildman–Crippen MR) is 103 cm³/mol. The molecule has 138 valence electrons. The van der Waals surface area contributed by atoms with Gasteiger partial charge in [0.15, 0.2) is 5.13 Å². The number of aromatic nitrogens is 1. The van der Waals surface area contributed by atoms with Gasteiger partial charge in [0.25, 0.3) is 5.91 Å². The van der Waals surface area contributed by atoms with Crippen LogP contribution in [0.15, 0.2) is 47.8 Å². The molecule has 0 spiro atoms. The average Bonchev–Trinajstić information content (AvgIpc) is 3.10. The molecule has 0 aliphatic carbocycles. The molecule has 27 heavy (non-hydrogen) atoms. The highest BCUT2D eigenvalue weighted by Crippen LogP contribution is 2.32. The van der Waals surface area contributed by atoms with E-state index in [-0.39, 0.29) is 11.8 Å². The number of methoxy groups -OCH3 is 1. The smallest absolute Gasteiger partial charge is 0.257 e. The van der Waals surface area contributed by atoms with Gasteiger partial charge in [-0.1, -0.05) is 0 Å². The number of carbonyl (C=O) groups excluding carboxylic acids is 2. The molecule has 6 nitrogen and oxygen atoms in total. The third kappa shape index (κ3) is 4.48. The van der Waals surface area contributed by atoms with E-state index in [1.54, 1.807) is 29.6 Å². The molecule has 2 N–H and O–H groups in total. The van der Waals surface area contributed by atoms with Gasteiger partial charge in [0.1, 0.15) is 11.6 Å². The van der Waals surface area contributed by atoms with Crippen molar-refractivity contribution in [2.24, 2.45) is 0 Å². The molecule has 3 aromatic rings. The van der Waals surface area contributed by atoms with Crippen molar-refractivity contribution in [3.63, 3.8) is 0 Å². The molecule has 2 amide bonds. The van der Waals surface area contributed by atoms with E-state index >= 15 is 0 Å². The molecule has 0 atom stereocenters. The fraction of sp³-hybridized carbons (Fsp3) is 0.105. The van der Waals surface area contributed by atoms with Crippen LogP contribution in [0.3, 0.4) is 0 Å². The molecule has 0 unspecified atom stereocenters. The van der Waals surface area contributed by atoms with Crippen LogP contribution in [0.5, 0.6) is 5.75 Å². The Morgan fingerprint density at radius 3 is 2.52 bits per heavy atom. The van der Waals surface area contributed by atoms with Crippen molar-refractivity contribution in [3.8, 4) is 17.0 Å². The summed E-state index contributed by atoms with van der Waals surface area (Å²) in [4.78, 5) is 27.7. The number of hydrogen-bond donors (Lipinski definition) is 2. The minimum absolute atomic E-state index is 0.185. The Bertz CT molecular complexity index is 986. The molecule has 0 aliphatic heterocycles. The van der Waals surface area contributed by atoms with Crippen molar-refractivity contribution in [1.29, 1.82) is 0 Å². The van der Waals surface area contributed by atoms with E-state index < -0.39 is 5.82 Å². The number of carbonyl (C=O) groups is 2. The number of hydrogen-bond acceptors (Lipinski definition) is 5. The zero-order chi connectivity index (χ0) is 19.4. The summed E-state index contributed by atoms with van der Waals surface area (Å²) >= 11 is 1.23.